The highest BCUT2D eigenvalue weighted by atomic mass is 32.1. The molecule has 2 heterocycles. The fourth-order valence-electron chi connectivity index (χ4n) is 2.39. The molecule has 7 heteroatoms. The lowest BCUT2D eigenvalue weighted by Crippen LogP contribution is -2.11. The number of hydrogen-bond donors (Lipinski definition) is 1. The number of anilines is 1. The molecule has 0 aliphatic rings. The van der Waals surface area contributed by atoms with Gasteiger partial charge in [-0.25, -0.2) is 0 Å². The predicted molar refractivity (Wildman–Crippen MR) is 93.2 cm³/mol. The van der Waals surface area contributed by atoms with Gasteiger partial charge in [-0.2, -0.15) is 4.52 Å². The van der Waals surface area contributed by atoms with Crippen molar-refractivity contribution in [3.8, 4) is 11.4 Å². The number of nitrogens with zero attached hydrogens (tertiary/aromatic N) is 4. The first-order valence-electron chi connectivity index (χ1n) is 7.36. The summed E-state index contributed by atoms with van der Waals surface area (Å²) in [5.74, 6) is 0.461. The summed E-state index contributed by atoms with van der Waals surface area (Å²) in [5, 5.41) is 16.1. The van der Waals surface area contributed by atoms with Gasteiger partial charge in [0.1, 0.15) is 0 Å². The predicted octanol–water partition coefficient (Wildman–Crippen LogP) is 3.41. The number of hydrogen-bond acceptors (Lipinski definition) is 5. The van der Waals surface area contributed by atoms with Crippen LogP contribution in [0, 0.1) is 6.92 Å². The highest BCUT2D eigenvalue weighted by Gasteiger charge is 2.15. The van der Waals surface area contributed by atoms with Crippen molar-refractivity contribution in [2.75, 3.05) is 5.32 Å². The van der Waals surface area contributed by atoms with Gasteiger partial charge in [-0.3, -0.25) is 10.1 Å². The quantitative estimate of drug-likeness (QED) is 0.623. The molecule has 0 atom stereocenters. The molecule has 118 valence electrons. The van der Waals surface area contributed by atoms with Gasteiger partial charge in [-0.05, 0) is 25.1 Å². The van der Waals surface area contributed by atoms with Gasteiger partial charge < -0.3 is 0 Å². The van der Waals surface area contributed by atoms with Crippen molar-refractivity contribution < 1.29 is 4.79 Å². The van der Waals surface area contributed by atoms with E-state index in [1.54, 1.807) is 16.6 Å². The molecule has 0 saturated carbocycles. The Morgan fingerprint density at radius 3 is 2.71 bits per heavy atom. The van der Waals surface area contributed by atoms with Crippen LogP contribution in [0.2, 0.25) is 0 Å². The minimum Gasteiger partial charge on any atom is -0.296 e. The summed E-state index contributed by atoms with van der Waals surface area (Å²) < 4.78 is 1.65. The summed E-state index contributed by atoms with van der Waals surface area (Å²) in [5.41, 5.74) is 2.66. The molecule has 6 nitrogen and oxygen atoms in total. The molecule has 0 fully saturated rings. The molecular weight excluding hydrogens is 322 g/mol. The van der Waals surface area contributed by atoms with Gasteiger partial charge in [0.05, 0.1) is 0 Å². The first-order chi connectivity index (χ1) is 11.7. The second-order valence-corrected chi connectivity index (χ2v) is 6.27. The number of rotatable bonds is 3. The molecule has 1 N–H and O–H groups in total. The Hall–Kier alpha value is -3.06. The number of fused-ring (bicyclic) bond motifs is 1. The molecule has 1 amide bonds. The second-order valence-electron chi connectivity index (χ2n) is 5.31. The zero-order valence-corrected chi connectivity index (χ0v) is 13.6. The largest absolute Gasteiger partial charge is 0.296 e. The summed E-state index contributed by atoms with van der Waals surface area (Å²) in [4.78, 5) is 12.9. The molecular formula is C17H13N5OS. The number of nitrogens with one attached hydrogen (secondary N) is 1. The summed E-state index contributed by atoms with van der Waals surface area (Å²) in [6.45, 7) is 2.02. The van der Waals surface area contributed by atoms with Crippen molar-refractivity contribution in [2.24, 2.45) is 0 Å². The summed E-state index contributed by atoms with van der Waals surface area (Å²) in [7, 11) is 0. The molecule has 4 aromatic rings. The smallest absolute Gasteiger partial charge is 0.257 e. The number of aromatic nitrogens is 4. The maximum Gasteiger partial charge on any atom is 0.257 e. The third-order valence-corrected chi connectivity index (χ3v) is 4.34. The zero-order valence-electron chi connectivity index (χ0n) is 12.8. The number of carbonyl (C=O) groups is 1. The number of amides is 1. The van der Waals surface area contributed by atoms with E-state index in [1.165, 1.54) is 11.3 Å². The van der Waals surface area contributed by atoms with Gasteiger partial charge in [0, 0.05) is 11.1 Å². The topological polar surface area (TPSA) is 72.2 Å². The van der Waals surface area contributed by atoms with Crippen LogP contribution in [0.1, 0.15) is 15.9 Å². The van der Waals surface area contributed by atoms with E-state index < -0.39 is 0 Å². The summed E-state index contributed by atoms with van der Waals surface area (Å²) in [6.07, 6.45) is 0. The third kappa shape index (κ3) is 2.65. The van der Waals surface area contributed by atoms with Crippen LogP contribution in [0.25, 0.3) is 16.3 Å². The van der Waals surface area contributed by atoms with Crippen LogP contribution in [0.3, 0.4) is 0 Å². The number of carbonyl (C=O) groups excluding carboxylic acids is 1. The average molecular weight is 335 g/mol. The Bertz CT molecular complexity index is 1020. The van der Waals surface area contributed by atoms with Crippen molar-refractivity contribution in [3.05, 3.63) is 65.7 Å². The van der Waals surface area contributed by atoms with Crippen LogP contribution in [-0.4, -0.2) is 25.7 Å². The monoisotopic (exact) mass is 335 g/mol. The molecule has 4 rings (SSSR count). The third-order valence-electron chi connectivity index (χ3n) is 3.52. The standard InChI is InChI=1S/C17H13N5OS/c1-11-6-5-9-13(10-11)14-19-20-17-22(14)21-16(24-17)18-15(23)12-7-3-2-4-8-12/h2-10H,1H3,(H,18,21,23). The van der Waals surface area contributed by atoms with E-state index in [-0.39, 0.29) is 5.91 Å². The first kappa shape index (κ1) is 14.5. The summed E-state index contributed by atoms with van der Waals surface area (Å²) in [6, 6.07) is 17.0. The summed E-state index contributed by atoms with van der Waals surface area (Å²) >= 11 is 1.29. The van der Waals surface area contributed by atoms with Crippen molar-refractivity contribution in [1.29, 1.82) is 0 Å². The molecule has 2 aromatic heterocycles. The van der Waals surface area contributed by atoms with E-state index in [1.807, 2.05) is 49.4 Å². The average Bonchev–Trinajstić information content (AvgIpc) is 3.15. The molecule has 0 aliphatic carbocycles. The van der Waals surface area contributed by atoms with Crippen LogP contribution in [0.4, 0.5) is 5.13 Å². The van der Waals surface area contributed by atoms with Crippen LogP contribution < -0.4 is 5.32 Å². The maximum atomic E-state index is 12.2. The van der Waals surface area contributed by atoms with Crippen molar-refractivity contribution >= 4 is 27.3 Å². The van der Waals surface area contributed by atoms with Gasteiger partial charge in [0.25, 0.3) is 5.91 Å². The Labute approximate surface area is 141 Å². The van der Waals surface area contributed by atoms with Gasteiger partial charge >= 0.3 is 0 Å². The molecule has 0 unspecified atom stereocenters. The van der Waals surface area contributed by atoms with Gasteiger partial charge in [0.15, 0.2) is 5.82 Å². The lowest BCUT2D eigenvalue weighted by atomic mass is 10.1. The lowest BCUT2D eigenvalue weighted by molar-refractivity contribution is 0.102. The van der Waals surface area contributed by atoms with E-state index in [2.05, 4.69) is 20.6 Å². The molecule has 0 spiro atoms. The zero-order chi connectivity index (χ0) is 16.5. The number of benzene rings is 2. The van der Waals surface area contributed by atoms with Crippen LogP contribution in [0.15, 0.2) is 54.6 Å². The van der Waals surface area contributed by atoms with E-state index >= 15 is 0 Å². The Balaban J connectivity index is 1.66. The normalized spacial score (nSPS) is 10.9. The minimum atomic E-state index is -0.197. The highest BCUT2D eigenvalue weighted by molar-refractivity contribution is 7.20. The van der Waals surface area contributed by atoms with Crippen LogP contribution in [-0.2, 0) is 0 Å². The van der Waals surface area contributed by atoms with Gasteiger partial charge in [0.2, 0.25) is 10.1 Å². The van der Waals surface area contributed by atoms with E-state index in [0.717, 1.165) is 11.1 Å². The molecule has 0 aliphatic heterocycles. The second kappa shape index (κ2) is 5.86. The van der Waals surface area contributed by atoms with Crippen molar-refractivity contribution in [3.63, 3.8) is 0 Å². The molecule has 0 bridgehead atoms. The fourth-order valence-corrected chi connectivity index (χ4v) is 3.12. The molecule has 0 saturated heterocycles. The fraction of sp³-hybridized carbons (Fsp3) is 0.0588. The van der Waals surface area contributed by atoms with Gasteiger partial charge in [-0.1, -0.05) is 53.3 Å². The van der Waals surface area contributed by atoms with Crippen molar-refractivity contribution in [1.82, 2.24) is 19.8 Å². The van der Waals surface area contributed by atoms with Crippen molar-refractivity contribution in [2.45, 2.75) is 6.92 Å². The van der Waals surface area contributed by atoms with Crippen LogP contribution in [0.5, 0.6) is 0 Å². The minimum absolute atomic E-state index is 0.197. The molecule has 2 aromatic carbocycles. The Morgan fingerprint density at radius 2 is 1.92 bits per heavy atom. The lowest BCUT2D eigenvalue weighted by Gasteiger charge is -2.00. The highest BCUT2D eigenvalue weighted by Crippen LogP contribution is 2.24. The number of aryl methyl sites for hydroxylation is 1. The Kier molecular flexibility index (Phi) is 3.55. The van der Waals surface area contributed by atoms with E-state index in [0.29, 0.717) is 21.5 Å². The van der Waals surface area contributed by atoms with Gasteiger partial charge in [-0.15, -0.1) is 15.3 Å². The van der Waals surface area contributed by atoms with Crippen LogP contribution >= 0.6 is 11.3 Å². The SMILES string of the molecule is Cc1cccc(-c2nnc3sc(NC(=O)c4ccccc4)nn23)c1. The van der Waals surface area contributed by atoms with E-state index in [9.17, 15) is 4.79 Å². The first-order valence-corrected chi connectivity index (χ1v) is 8.18. The molecule has 0 radical (unpaired) electrons. The maximum absolute atomic E-state index is 12.2. The molecule has 24 heavy (non-hydrogen) atoms. The Morgan fingerprint density at radius 1 is 1.08 bits per heavy atom. The van der Waals surface area contributed by atoms with E-state index in [4.69, 9.17) is 0 Å².